The van der Waals surface area contributed by atoms with E-state index in [1.54, 1.807) is 0 Å². The first-order chi connectivity index (χ1) is 9.22. The normalized spacial score (nSPS) is 28.9. The summed E-state index contributed by atoms with van der Waals surface area (Å²) in [5, 5.41) is 3.63. The van der Waals surface area contributed by atoms with Gasteiger partial charge in [-0.05, 0) is 38.1 Å². The first-order valence-corrected chi connectivity index (χ1v) is 7.77. The molecule has 0 radical (unpaired) electrons. The van der Waals surface area contributed by atoms with Gasteiger partial charge in [-0.1, -0.05) is 13.3 Å². The summed E-state index contributed by atoms with van der Waals surface area (Å²) in [5.74, 6) is 0.394. The first-order valence-electron chi connectivity index (χ1n) is 7.77. The third kappa shape index (κ3) is 4.18. The number of methoxy groups -OCH3 is 1. The van der Waals surface area contributed by atoms with Crippen molar-refractivity contribution < 1.29 is 9.53 Å². The number of hydrogen-bond donors (Lipinski definition) is 1. The molecule has 2 aliphatic rings. The number of hydrogen-bond acceptors (Lipinski definition) is 4. The second-order valence-corrected chi connectivity index (χ2v) is 6.07. The van der Waals surface area contributed by atoms with Crippen LogP contribution in [0.15, 0.2) is 0 Å². The molecule has 1 aliphatic carbocycles. The predicted octanol–water partition coefficient (Wildman–Crippen LogP) is 1.79. The van der Waals surface area contributed by atoms with E-state index in [1.165, 1.54) is 32.8 Å². The highest BCUT2D eigenvalue weighted by Crippen LogP contribution is 2.30. The summed E-state index contributed by atoms with van der Waals surface area (Å²) in [6, 6.07) is 1.32. The molecule has 1 heterocycles. The van der Waals surface area contributed by atoms with Gasteiger partial charge in [-0.3, -0.25) is 9.69 Å². The zero-order chi connectivity index (χ0) is 13.7. The number of esters is 1. The summed E-state index contributed by atoms with van der Waals surface area (Å²) in [6.45, 7) is 5.51. The Bertz CT molecular complexity index is 292. The summed E-state index contributed by atoms with van der Waals surface area (Å²) in [6.07, 6.45) is 6.90. The number of nitrogens with zero attached hydrogens (tertiary/aromatic N) is 1. The van der Waals surface area contributed by atoms with Crippen molar-refractivity contribution in [1.29, 1.82) is 0 Å². The molecule has 2 atom stereocenters. The smallest absolute Gasteiger partial charge is 0.305 e. The van der Waals surface area contributed by atoms with Crippen LogP contribution in [-0.2, 0) is 9.53 Å². The highest BCUT2D eigenvalue weighted by Gasteiger charge is 2.34. The van der Waals surface area contributed by atoms with Gasteiger partial charge >= 0.3 is 5.97 Å². The van der Waals surface area contributed by atoms with Crippen molar-refractivity contribution in [3.63, 3.8) is 0 Å². The van der Waals surface area contributed by atoms with Crippen LogP contribution < -0.4 is 5.32 Å². The summed E-state index contributed by atoms with van der Waals surface area (Å²) < 4.78 is 4.83. The van der Waals surface area contributed by atoms with Crippen LogP contribution in [0.4, 0.5) is 0 Å². The largest absolute Gasteiger partial charge is 0.469 e. The third-order valence-corrected chi connectivity index (χ3v) is 4.52. The van der Waals surface area contributed by atoms with Crippen LogP contribution in [0.5, 0.6) is 0 Å². The molecule has 0 aromatic heterocycles. The van der Waals surface area contributed by atoms with Crippen LogP contribution in [0.2, 0.25) is 0 Å². The Morgan fingerprint density at radius 3 is 2.74 bits per heavy atom. The Kier molecular flexibility index (Phi) is 5.64. The lowest BCUT2D eigenvalue weighted by molar-refractivity contribution is -0.142. The van der Waals surface area contributed by atoms with Gasteiger partial charge < -0.3 is 10.1 Å². The van der Waals surface area contributed by atoms with E-state index in [1.807, 2.05) is 0 Å². The zero-order valence-electron chi connectivity index (χ0n) is 12.4. The average Bonchev–Trinajstić information content (AvgIpc) is 2.34. The first kappa shape index (κ1) is 14.8. The van der Waals surface area contributed by atoms with Gasteiger partial charge in [0.1, 0.15) is 0 Å². The fourth-order valence-electron chi connectivity index (χ4n) is 3.25. The molecule has 19 heavy (non-hydrogen) atoms. The highest BCUT2D eigenvalue weighted by atomic mass is 16.5. The molecule has 2 rings (SSSR count). The fraction of sp³-hybridized carbons (Fsp3) is 0.933. The molecule has 2 fully saturated rings. The lowest BCUT2D eigenvalue weighted by atomic mass is 9.85. The summed E-state index contributed by atoms with van der Waals surface area (Å²) in [7, 11) is 1.49. The van der Waals surface area contributed by atoms with Crippen molar-refractivity contribution in [2.75, 3.05) is 26.7 Å². The minimum Gasteiger partial charge on any atom is -0.469 e. The molecular formula is C15H28N2O2. The van der Waals surface area contributed by atoms with Crippen LogP contribution in [0.25, 0.3) is 0 Å². The van der Waals surface area contributed by atoms with E-state index in [0.29, 0.717) is 18.4 Å². The van der Waals surface area contributed by atoms with E-state index in [4.69, 9.17) is 4.74 Å². The van der Waals surface area contributed by atoms with Crippen LogP contribution in [0, 0.1) is 5.92 Å². The van der Waals surface area contributed by atoms with E-state index in [9.17, 15) is 4.79 Å². The second kappa shape index (κ2) is 7.25. The van der Waals surface area contributed by atoms with Crippen LogP contribution in [0.1, 0.15) is 45.4 Å². The maximum atomic E-state index is 11.5. The lowest BCUT2D eigenvalue weighted by Gasteiger charge is -2.45. The van der Waals surface area contributed by atoms with Gasteiger partial charge in [-0.2, -0.15) is 0 Å². The molecule has 4 heteroatoms. The Morgan fingerprint density at radius 2 is 2.16 bits per heavy atom. The molecule has 0 amide bonds. The second-order valence-electron chi connectivity index (χ2n) is 6.07. The van der Waals surface area contributed by atoms with Crippen LogP contribution in [0.3, 0.4) is 0 Å². The van der Waals surface area contributed by atoms with Gasteiger partial charge in [0.15, 0.2) is 0 Å². The molecule has 1 N–H and O–H groups in total. The molecule has 1 aliphatic heterocycles. The molecule has 1 saturated heterocycles. The van der Waals surface area contributed by atoms with Gasteiger partial charge in [0.05, 0.1) is 7.11 Å². The van der Waals surface area contributed by atoms with Crippen molar-refractivity contribution in [2.24, 2.45) is 5.92 Å². The van der Waals surface area contributed by atoms with Crippen molar-refractivity contribution in [3.8, 4) is 0 Å². The quantitative estimate of drug-likeness (QED) is 0.746. The van der Waals surface area contributed by atoms with Crippen molar-refractivity contribution in [1.82, 2.24) is 10.2 Å². The van der Waals surface area contributed by atoms with Gasteiger partial charge in [0, 0.05) is 31.6 Å². The zero-order valence-corrected chi connectivity index (χ0v) is 12.4. The van der Waals surface area contributed by atoms with Gasteiger partial charge in [0.2, 0.25) is 0 Å². The Balaban J connectivity index is 1.88. The number of rotatable bonds is 6. The average molecular weight is 268 g/mol. The SMILES string of the molecule is CCCNC1CC(CC(=O)OC)CN(C2CCC2)C1. The standard InChI is InChI=1S/C15H28N2O2/c1-3-7-16-13-8-12(9-15(18)19-2)10-17(11-13)14-5-4-6-14/h12-14,16H,3-11H2,1-2H3. The Hall–Kier alpha value is -0.610. The van der Waals surface area contributed by atoms with E-state index < -0.39 is 0 Å². The predicted molar refractivity (Wildman–Crippen MR) is 76.0 cm³/mol. The molecular weight excluding hydrogens is 240 g/mol. The molecule has 0 spiro atoms. The van der Waals surface area contributed by atoms with E-state index in [-0.39, 0.29) is 5.97 Å². The summed E-state index contributed by atoms with van der Waals surface area (Å²) in [4.78, 5) is 14.1. The van der Waals surface area contributed by atoms with Gasteiger partial charge in [-0.25, -0.2) is 0 Å². The number of likely N-dealkylation sites (tertiary alicyclic amines) is 1. The molecule has 2 unspecified atom stereocenters. The molecule has 110 valence electrons. The molecule has 0 bridgehead atoms. The fourth-order valence-corrected chi connectivity index (χ4v) is 3.25. The molecule has 4 nitrogen and oxygen atoms in total. The lowest BCUT2D eigenvalue weighted by Crippen LogP contribution is -2.54. The molecule has 0 aromatic rings. The molecule has 0 aromatic carbocycles. The van der Waals surface area contributed by atoms with Gasteiger partial charge in [-0.15, -0.1) is 0 Å². The maximum absolute atomic E-state index is 11.5. The van der Waals surface area contributed by atoms with E-state index >= 15 is 0 Å². The number of piperidine rings is 1. The summed E-state index contributed by atoms with van der Waals surface area (Å²) >= 11 is 0. The monoisotopic (exact) mass is 268 g/mol. The molecule has 1 saturated carbocycles. The van der Waals surface area contributed by atoms with Gasteiger partial charge in [0.25, 0.3) is 0 Å². The number of nitrogens with one attached hydrogen (secondary N) is 1. The number of carbonyl (C=O) groups excluding carboxylic acids is 1. The van der Waals surface area contributed by atoms with Crippen LogP contribution in [-0.4, -0.2) is 49.7 Å². The van der Waals surface area contributed by atoms with Crippen molar-refractivity contribution in [2.45, 2.75) is 57.5 Å². The Morgan fingerprint density at radius 1 is 1.37 bits per heavy atom. The van der Waals surface area contributed by atoms with E-state index in [0.717, 1.165) is 32.1 Å². The van der Waals surface area contributed by atoms with E-state index in [2.05, 4.69) is 17.1 Å². The summed E-state index contributed by atoms with van der Waals surface area (Å²) in [5.41, 5.74) is 0. The minimum absolute atomic E-state index is 0.0605. The van der Waals surface area contributed by atoms with Crippen molar-refractivity contribution in [3.05, 3.63) is 0 Å². The minimum atomic E-state index is -0.0605. The Labute approximate surface area is 116 Å². The van der Waals surface area contributed by atoms with Crippen molar-refractivity contribution >= 4 is 5.97 Å². The van der Waals surface area contributed by atoms with Crippen LogP contribution >= 0.6 is 0 Å². The highest BCUT2D eigenvalue weighted by molar-refractivity contribution is 5.69. The topological polar surface area (TPSA) is 41.6 Å². The number of ether oxygens (including phenoxy) is 1. The third-order valence-electron chi connectivity index (χ3n) is 4.52. The number of carbonyl (C=O) groups is 1. The maximum Gasteiger partial charge on any atom is 0.305 e.